The van der Waals surface area contributed by atoms with Crippen molar-refractivity contribution in [2.45, 2.75) is 48.3 Å². The Kier molecular flexibility index (Phi) is 4.88. The smallest absolute Gasteiger partial charge is 0.198 e. The predicted molar refractivity (Wildman–Crippen MR) is 96.2 cm³/mol. The number of hydrogen-bond acceptors (Lipinski definition) is 7. The van der Waals surface area contributed by atoms with Gasteiger partial charge in [-0.1, -0.05) is 19.3 Å². The summed E-state index contributed by atoms with van der Waals surface area (Å²) in [6, 6.07) is 6.29. The van der Waals surface area contributed by atoms with E-state index in [9.17, 15) is 0 Å². The van der Waals surface area contributed by atoms with E-state index in [0.717, 1.165) is 29.4 Å². The zero-order valence-corrected chi connectivity index (χ0v) is 14.9. The maximum atomic E-state index is 8.87. The molecule has 0 spiro atoms. The van der Waals surface area contributed by atoms with Gasteiger partial charge in [0.05, 0.1) is 12.4 Å². The summed E-state index contributed by atoms with van der Waals surface area (Å²) in [6.45, 7) is 0. The predicted octanol–water partition coefficient (Wildman–Crippen LogP) is 3.66. The van der Waals surface area contributed by atoms with Gasteiger partial charge in [-0.2, -0.15) is 5.26 Å². The van der Waals surface area contributed by atoms with Crippen LogP contribution in [0, 0.1) is 11.3 Å². The Morgan fingerprint density at radius 2 is 1.85 bits per heavy atom. The van der Waals surface area contributed by atoms with Gasteiger partial charge in [0.2, 0.25) is 0 Å². The van der Waals surface area contributed by atoms with E-state index in [2.05, 4.69) is 29.7 Å². The summed E-state index contributed by atoms with van der Waals surface area (Å²) in [5.74, 6) is 0.864. The molecule has 1 aliphatic rings. The van der Waals surface area contributed by atoms with Crippen molar-refractivity contribution in [3.63, 3.8) is 0 Å². The minimum Gasteiger partial charge on any atom is -0.299 e. The van der Waals surface area contributed by atoms with Crippen LogP contribution in [0.4, 0.5) is 0 Å². The first-order valence-electron chi connectivity index (χ1n) is 8.60. The molecule has 130 valence electrons. The van der Waals surface area contributed by atoms with Gasteiger partial charge in [0, 0.05) is 24.0 Å². The van der Waals surface area contributed by atoms with Gasteiger partial charge in [-0.15, -0.1) is 10.2 Å². The molecule has 3 heterocycles. The quantitative estimate of drug-likeness (QED) is 0.698. The van der Waals surface area contributed by atoms with Gasteiger partial charge < -0.3 is 0 Å². The summed E-state index contributed by atoms with van der Waals surface area (Å²) < 4.78 is 2.24. The average molecular weight is 363 g/mol. The molecule has 0 bridgehead atoms. The fraction of sp³-hybridized carbons (Fsp3) is 0.333. The van der Waals surface area contributed by atoms with Gasteiger partial charge in [-0.05, 0) is 36.7 Å². The van der Waals surface area contributed by atoms with Crippen molar-refractivity contribution in [3.8, 4) is 17.5 Å². The van der Waals surface area contributed by atoms with E-state index in [-0.39, 0.29) is 0 Å². The number of pyridine rings is 1. The van der Waals surface area contributed by atoms with Crippen LogP contribution in [0.1, 0.15) is 43.8 Å². The molecule has 0 aromatic carbocycles. The minimum atomic E-state index is 0.306. The SMILES string of the molecule is N#Cc1cnc(Sc2nnc(-c3ccncc3)n2C2CCCCC2)cn1. The van der Waals surface area contributed by atoms with Gasteiger partial charge in [-0.3, -0.25) is 9.55 Å². The van der Waals surface area contributed by atoms with Crippen molar-refractivity contribution in [2.75, 3.05) is 0 Å². The molecule has 7 nitrogen and oxygen atoms in total. The maximum absolute atomic E-state index is 8.87. The fourth-order valence-corrected chi connectivity index (χ4v) is 4.05. The first kappa shape index (κ1) is 16.7. The van der Waals surface area contributed by atoms with E-state index in [1.54, 1.807) is 18.6 Å². The van der Waals surface area contributed by atoms with Gasteiger partial charge >= 0.3 is 0 Å². The lowest BCUT2D eigenvalue weighted by Gasteiger charge is -2.25. The lowest BCUT2D eigenvalue weighted by Crippen LogP contribution is -2.15. The van der Waals surface area contributed by atoms with Crippen LogP contribution < -0.4 is 0 Å². The molecule has 0 saturated heterocycles. The highest BCUT2D eigenvalue weighted by Gasteiger charge is 2.24. The summed E-state index contributed by atoms with van der Waals surface area (Å²) >= 11 is 1.43. The molecule has 1 fully saturated rings. The highest BCUT2D eigenvalue weighted by Crippen LogP contribution is 2.36. The number of rotatable bonds is 4. The van der Waals surface area contributed by atoms with E-state index >= 15 is 0 Å². The van der Waals surface area contributed by atoms with Crippen LogP contribution in [0.15, 0.2) is 47.1 Å². The second-order valence-corrected chi connectivity index (χ2v) is 7.15. The van der Waals surface area contributed by atoms with Crippen molar-refractivity contribution in [1.29, 1.82) is 5.26 Å². The molecule has 26 heavy (non-hydrogen) atoms. The molecule has 0 aliphatic heterocycles. The van der Waals surface area contributed by atoms with E-state index in [1.807, 2.05) is 18.2 Å². The van der Waals surface area contributed by atoms with E-state index in [0.29, 0.717) is 16.8 Å². The van der Waals surface area contributed by atoms with Gasteiger partial charge in [0.15, 0.2) is 16.7 Å². The third kappa shape index (κ3) is 3.44. The largest absolute Gasteiger partial charge is 0.299 e. The first-order chi connectivity index (χ1) is 12.8. The molecule has 0 unspecified atom stereocenters. The molecule has 4 rings (SSSR count). The number of aromatic nitrogens is 6. The molecule has 8 heteroatoms. The Balaban J connectivity index is 1.71. The monoisotopic (exact) mass is 363 g/mol. The molecule has 0 atom stereocenters. The molecule has 1 saturated carbocycles. The average Bonchev–Trinajstić information content (AvgIpc) is 3.13. The molecule has 0 N–H and O–H groups in total. The third-order valence-corrected chi connectivity index (χ3v) is 5.36. The van der Waals surface area contributed by atoms with Crippen molar-refractivity contribution in [3.05, 3.63) is 42.6 Å². The first-order valence-corrected chi connectivity index (χ1v) is 9.42. The van der Waals surface area contributed by atoms with Crippen LogP contribution in [-0.2, 0) is 0 Å². The number of nitrogens with zero attached hydrogens (tertiary/aromatic N) is 7. The zero-order valence-electron chi connectivity index (χ0n) is 14.1. The topological polar surface area (TPSA) is 93.2 Å². The second-order valence-electron chi connectivity index (χ2n) is 6.16. The Hall–Kier alpha value is -2.79. The molecular formula is C18H17N7S. The van der Waals surface area contributed by atoms with Gasteiger partial charge in [0.25, 0.3) is 0 Å². The van der Waals surface area contributed by atoms with Crippen LogP contribution in [-0.4, -0.2) is 29.7 Å². The number of hydrogen-bond donors (Lipinski definition) is 0. The lowest BCUT2D eigenvalue weighted by molar-refractivity contribution is 0.339. The lowest BCUT2D eigenvalue weighted by atomic mass is 9.95. The van der Waals surface area contributed by atoms with Crippen molar-refractivity contribution in [1.82, 2.24) is 29.7 Å². The summed E-state index contributed by atoms with van der Waals surface area (Å²) in [5.41, 5.74) is 1.32. The number of nitriles is 1. The maximum Gasteiger partial charge on any atom is 0.198 e. The molecule has 3 aromatic rings. The van der Waals surface area contributed by atoms with Gasteiger partial charge in [-0.25, -0.2) is 9.97 Å². The standard InChI is InChI=1S/C18H17N7S/c19-10-14-11-22-16(12-21-14)26-18-24-23-17(13-6-8-20-9-7-13)25(18)15-4-2-1-3-5-15/h6-9,11-12,15H,1-5H2. The van der Waals surface area contributed by atoms with Crippen LogP contribution in [0.25, 0.3) is 11.4 Å². The molecule has 0 radical (unpaired) electrons. The summed E-state index contributed by atoms with van der Waals surface area (Å²) in [4.78, 5) is 12.5. The summed E-state index contributed by atoms with van der Waals surface area (Å²) in [5, 5.41) is 19.3. The molecule has 0 amide bonds. The van der Waals surface area contributed by atoms with Crippen LogP contribution >= 0.6 is 11.8 Å². The molecule has 1 aliphatic carbocycles. The second kappa shape index (κ2) is 7.62. The zero-order chi connectivity index (χ0) is 17.8. The molecule has 3 aromatic heterocycles. The summed E-state index contributed by atoms with van der Waals surface area (Å²) in [7, 11) is 0. The van der Waals surface area contributed by atoms with Crippen LogP contribution in [0.3, 0.4) is 0 Å². The molecular weight excluding hydrogens is 346 g/mol. The van der Waals surface area contributed by atoms with Crippen molar-refractivity contribution >= 4 is 11.8 Å². The Morgan fingerprint density at radius 1 is 1.04 bits per heavy atom. The van der Waals surface area contributed by atoms with E-state index in [1.165, 1.54) is 37.2 Å². The normalized spacial score (nSPS) is 14.9. The van der Waals surface area contributed by atoms with Crippen molar-refractivity contribution in [2.24, 2.45) is 0 Å². The van der Waals surface area contributed by atoms with E-state index < -0.39 is 0 Å². The Bertz CT molecular complexity index is 909. The van der Waals surface area contributed by atoms with Crippen molar-refractivity contribution < 1.29 is 0 Å². The highest BCUT2D eigenvalue weighted by molar-refractivity contribution is 7.99. The van der Waals surface area contributed by atoms with Crippen LogP contribution in [0.2, 0.25) is 0 Å². The Morgan fingerprint density at radius 3 is 2.54 bits per heavy atom. The Labute approximate surface area is 155 Å². The van der Waals surface area contributed by atoms with Gasteiger partial charge in [0.1, 0.15) is 11.1 Å². The van der Waals surface area contributed by atoms with Crippen LogP contribution in [0.5, 0.6) is 0 Å². The minimum absolute atomic E-state index is 0.306. The summed E-state index contributed by atoms with van der Waals surface area (Å²) in [6.07, 6.45) is 12.6. The third-order valence-electron chi connectivity index (χ3n) is 4.48. The van der Waals surface area contributed by atoms with E-state index in [4.69, 9.17) is 5.26 Å². The fourth-order valence-electron chi connectivity index (χ4n) is 3.23. The highest BCUT2D eigenvalue weighted by atomic mass is 32.2.